The second-order valence-corrected chi connectivity index (χ2v) is 4.42. The van der Waals surface area contributed by atoms with Gasteiger partial charge in [0.1, 0.15) is 5.75 Å². The highest BCUT2D eigenvalue weighted by Gasteiger charge is 2.24. The molecule has 0 aromatic heterocycles. The summed E-state index contributed by atoms with van der Waals surface area (Å²) in [4.78, 5) is 31.0. The summed E-state index contributed by atoms with van der Waals surface area (Å²) < 4.78 is 33.9. The number of alkyl halides is 2. The molecule has 0 atom stereocenters. The van der Waals surface area contributed by atoms with E-state index in [1.54, 1.807) is 0 Å². The molecule has 1 aromatic rings. The van der Waals surface area contributed by atoms with Crippen LogP contribution < -0.4 is 9.62 Å². The fourth-order valence-corrected chi connectivity index (χ4v) is 1.05. The van der Waals surface area contributed by atoms with Crippen LogP contribution in [0.15, 0.2) is 36.4 Å². The van der Waals surface area contributed by atoms with Crippen molar-refractivity contribution in [2.75, 3.05) is 6.61 Å². The Kier molecular flexibility index (Phi) is 5.85. The van der Waals surface area contributed by atoms with E-state index in [4.69, 9.17) is 4.74 Å². The number of hydrogen-bond acceptors (Lipinski definition) is 6. The van der Waals surface area contributed by atoms with Gasteiger partial charge in [-0.05, 0) is 31.2 Å². The maximum atomic E-state index is 12.4. The van der Waals surface area contributed by atoms with E-state index in [9.17, 15) is 18.4 Å². The molecule has 0 fully saturated rings. The van der Waals surface area contributed by atoms with Crippen LogP contribution in [-0.4, -0.2) is 24.7 Å². The van der Waals surface area contributed by atoms with Gasteiger partial charge in [-0.15, -0.1) is 0 Å². The third-order valence-electron chi connectivity index (χ3n) is 2.03. The van der Waals surface area contributed by atoms with Crippen LogP contribution in [-0.2, 0) is 14.4 Å². The number of carbonyl (C=O) groups is 2. The lowest BCUT2D eigenvalue weighted by Crippen LogP contribution is -2.22. The van der Waals surface area contributed by atoms with Crippen molar-refractivity contribution in [2.24, 2.45) is 0 Å². The fourth-order valence-electron chi connectivity index (χ4n) is 1.05. The summed E-state index contributed by atoms with van der Waals surface area (Å²) >= 11 is 0. The molecule has 0 aliphatic heterocycles. The molecule has 0 radical (unpaired) electrons. The van der Waals surface area contributed by atoms with Crippen molar-refractivity contribution in [1.29, 1.82) is 0 Å². The quantitative estimate of drug-likeness (QED) is 0.264. The van der Waals surface area contributed by atoms with E-state index in [0.717, 1.165) is 0 Å². The van der Waals surface area contributed by atoms with E-state index >= 15 is 0 Å². The Hall–Kier alpha value is -2.64. The van der Waals surface area contributed by atoms with Gasteiger partial charge in [-0.3, -0.25) is 4.89 Å². The maximum Gasteiger partial charge on any atom is 0.550 e. The minimum absolute atomic E-state index is 0.0790. The van der Waals surface area contributed by atoms with Crippen LogP contribution >= 0.6 is 0 Å². The molecule has 6 nitrogen and oxygen atoms in total. The number of halogens is 2. The number of rotatable bonds is 6. The summed E-state index contributed by atoms with van der Waals surface area (Å²) in [5.74, 6) is -3.44. The van der Waals surface area contributed by atoms with Crippen molar-refractivity contribution < 1.29 is 37.6 Å². The van der Waals surface area contributed by atoms with Crippen LogP contribution in [0.5, 0.6) is 11.5 Å². The molecular formula is C14H14F2O6. The number of carbonyl (C=O) groups excluding carboxylic acids is 2. The minimum Gasteiger partial charge on any atom is -0.425 e. The maximum absolute atomic E-state index is 12.4. The highest BCUT2D eigenvalue weighted by atomic mass is 19.3. The predicted molar refractivity (Wildman–Crippen MR) is 70.6 cm³/mol. The van der Waals surface area contributed by atoms with Crippen LogP contribution in [0.2, 0.25) is 0 Å². The van der Waals surface area contributed by atoms with E-state index in [2.05, 4.69) is 21.1 Å². The summed E-state index contributed by atoms with van der Waals surface area (Å²) in [6, 6.07) is 5.43. The van der Waals surface area contributed by atoms with Crippen molar-refractivity contribution in [3.8, 4) is 11.5 Å². The van der Waals surface area contributed by atoms with Crippen LogP contribution in [0.1, 0.15) is 13.8 Å². The molecule has 0 aliphatic carbocycles. The van der Waals surface area contributed by atoms with Gasteiger partial charge in [-0.25, -0.2) is 18.5 Å². The van der Waals surface area contributed by atoms with Gasteiger partial charge in [0.15, 0.2) is 12.4 Å². The molecular weight excluding hydrogens is 302 g/mol. The smallest absolute Gasteiger partial charge is 0.425 e. The predicted octanol–water partition coefficient (Wildman–Crippen LogP) is 3.27. The standard InChI is InChI=1S/C14H14F2O6/c1-9(2)12(17)20-10-4-6-11(7-5-10)21-22-13(18)19-8-14(3,15)16/h4-7H,1,8H2,2-3H3. The second-order valence-electron chi connectivity index (χ2n) is 4.42. The monoisotopic (exact) mass is 316 g/mol. The average molecular weight is 316 g/mol. The summed E-state index contributed by atoms with van der Waals surface area (Å²) in [7, 11) is 0. The second kappa shape index (κ2) is 7.39. The molecule has 0 spiro atoms. The average Bonchev–Trinajstić information content (AvgIpc) is 2.43. The van der Waals surface area contributed by atoms with Gasteiger partial charge in [0, 0.05) is 12.5 Å². The molecule has 0 unspecified atom stereocenters. The number of benzene rings is 1. The lowest BCUT2D eigenvalue weighted by atomic mass is 10.3. The van der Waals surface area contributed by atoms with Crippen LogP contribution in [0.25, 0.3) is 0 Å². The molecule has 0 saturated heterocycles. The Morgan fingerprint density at radius 2 is 1.73 bits per heavy atom. The molecule has 8 heteroatoms. The molecule has 0 heterocycles. The zero-order valence-corrected chi connectivity index (χ0v) is 11.9. The summed E-state index contributed by atoms with van der Waals surface area (Å²) in [5, 5.41) is 0. The first-order valence-corrected chi connectivity index (χ1v) is 6.04. The summed E-state index contributed by atoms with van der Waals surface area (Å²) in [6.07, 6.45) is -1.40. The Morgan fingerprint density at radius 3 is 2.23 bits per heavy atom. The van der Waals surface area contributed by atoms with Crippen molar-refractivity contribution in [1.82, 2.24) is 0 Å². The van der Waals surface area contributed by atoms with Crippen molar-refractivity contribution in [2.45, 2.75) is 19.8 Å². The van der Waals surface area contributed by atoms with Crippen molar-refractivity contribution in [3.05, 3.63) is 36.4 Å². The highest BCUT2D eigenvalue weighted by Crippen LogP contribution is 2.19. The van der Waals surface area contributed by atoms with Gasteiger partial charge in [0.2, 0.25) is 0 Å². The third-order valence-corrected chi connectivity index (χ3v) is 2.03. The third kappa shape index (κ3) is 6.69. The van der Waals surface area contributed by atoms with Crippen LogP contribution in [0.3, 0.4) is 0 Å². The Morgan fingerprint density at radius 1 is 1.18 bits per heavy atom. The molecule has 0 amide bonds. The molecule has 120 valence electrons. The van der Waals surface area contributed by atoms with Gasteiger partial charge < -0.3 is 9.47 Å². The Bertz CT molecular complexity index is 547. The van der Waals surface area contributed by atoms with Gasteiger partial charge in [-0.1, -0.05) is 6.58 Å². The molecule has 0 N–H and O–H groups in total. The first-order chi connectivity index (χ1) is 10.2. The fraction of sp³-hybridized carbons (Fsp3) is 0.286. The van der Waals surface area contributed by atoms with Crippen molar-refractivity contribution in [3.63, 3.8) is 0 Å². The first-order valence-electron chi connectivity index (χ1n) is 6.04. The Balaban J connectivity index is 2.43. The lowest BCUT2D eigenvalue weighted by molar-refractivity contribution is -0.177. The lowest BCUT2D eigenvalue weighted by Gasteiger charge is -2.10. The topological polar surface area (TPSA) is 71.1 Å². The zero-order valence-electron chi connectivity index (χ0n) is 11.9. The molecule has 0 aliphatic rings. The van der Waals surface area contributed by atoms with Gasteiger partial charge in [-0.2, -0.15) is 4.79 Å². The zero-order chi connectivity index (χ0) is 16.8. The summed E-state index contributed by atoms with van der Waals surface area (Å²) in [6.45, 7) is 4.40. The number of hydrogen-bond donors (Lipinski definition) is 0. The molecule has 1 rings (SSSR count). The molecule has 0 bridgehead atoms. The number of ether oxygens (including phenoxy) is 2. The van der Waals surface area contributed by atoms with E-state index in [1.165, 1.54) is 31.2 Å². The number of esters is 1. The Labute approximate surface area is 125 Å². The van der Waals surface area contributed by atoms with E-state index < -0.39 is 24.7 Å². The molecule has 1 aromatic carbocycles. The normalized spacial score (nSPS) is 10.5. The minimum atomic E-state index is -3.16. The molecule has 22 heavy (non-hydrogen) atoms. The SMILES string of the molecule is C=C(C)C(=O)Oc1ccc(OOC(=O)OCC(C)(F)F)cc1. The van der Waals surface area contributed by atoms with E-state index in [0.29, 0.717) is 6.92 Å². The van der Waals surface area contributed by atoms with Gasteiger partial charge in [0.05, 0.1) is 0 Å². The first kappa shape index (κ1) is 17.4. The summed E-state index contributed by atoms with van der Waals surface area (Å²) in [5.41, 5.74) is 0.235. The highest BCUT2D eigenvalue weighted by molar-refractivity contribution is 5.88. The van der Waals surface area contributed by atoms with E-state index in [-0.39, 0.29) is 17.1 Å². The van der Waals surface area contributed by atoms with Crippen LogP contribution in [0.4, 0.5) is 13.6 Å². The largest absolute Gasteiger partial charge is 0.550 e. The van der Waals surface area contributed by atoms with Crippen LogP contribution in [0, 0.1) is 0 Å². The molecule has 0 saturated carbocycles. The van der Waals surface area contributed by atoms with Gasteiger partial charge in [0.25, 0.3) is 5.92 Å². The van der Waals surface area contributed by atoms with Crippen molar-refractivity contribution >= 4 is 12.1 Å². The van der Waals surface area contributed by atoms with E-state index in [1.807, 2.05) is 0 Å². The van der Waals surface area contributed by atoms with Gasteiger partial charge >= 0.3 is 12.1 Å².